The summed E-state index contributed by atoms with van der Waals surface area (Å²) in [7, 11) is 0. The van der Waals surface area contributed by atoms with E-state index in [9.17, 15) is 9.59 Å². The lowest BCUT2D eigenvalue weighted by atomic mass is 10.1. The molecule has 2 unspecified atom stereocenters. The zero-order chi connectivity index (χ0) is 23.4. The first-order valence-electron chi connectivity index (χ1n) is 10.0. The van der Waals surface area contributed by atoms with Crippen LogP contribution in [0.1, 0.15) is 25.0 Å². The van der Waals surface area contributed by atoms with Crippen LogP contribution in [0.25, 0.3) is 12.2 Å². The average Bonchev–Trinajstić information content (AvgIpc) is 2.73. The molecule has 2 aromatic rings. The minimum atomic E-state index is -0.138. The van der Waals surface area contributed by atoms with Gasteiger partial charge in [0.05, 0.1) is 0 Å². The lowest BCUT2D eigenvalue weighted by Crippen LogP contribution is -2.59. The van der Waals surface area contributed by atoms with Crippen molar-refractivity contribution in [3.63, 3.8) is 0 Å². The maximum atomic E-state index is 12.8. The van der Waals surface area contributed by atoms with Gasteiger partial charge in [0.25, 0.3) is 0 Å². The van der Waals surface area contributed by atoms with Gasteiger partial charge in [-0.25, -0.2) is 0 Å². The highest BCUT2D eigenvalue weighted by molar-refractivity contribution is 6.36. The number of carbonyl (C=O) groups is 2. The molecule has 0 aromatic heterocycles. The molecule has 1 saturated heterocycles. The number of halogens is 4. The minimum Gasteiger partial charge on any atom is -0.333 e. The number of rotatable bonds is 4. The Bertz CT molecular complexity index is 998. The van der Waals surface area contributed by atoms with Gasteiger partial charge in [0.1, 0.15) is 0 Å². The first-order valence-corrected chi connectivity index (χ1v) is 11.5. The van der Waals surface area contributed by atoms with Crippen LogP contribution in [0.4, 0.5) is 0 Å². The fraction of sp³-hybridized carbons (Fsp3) is 0.250. The Balaban J connectivity index is 1.65. The molecule has 1 heterocycles. The van der Waals surface area contributed by atoms with E-state index >= 15 is 0 Å². The molecule has 0 bridgehead atoms. The molecule has 1 aliphatic heterocycles. The van der Waals surface area contributed by atoms with Crippen molar-refractivity contribution in [1.29, 1.82) is 0 Å². The monoisotopic (exact) mass is 510 g/mol. The van der Waals surface area contributed by atoms with Gasteiger partial charge in [0, 0.05) is 57.4 Å². The Hall–Kier alpha value is -1.98. The van der Waals surface area contributed by atoms with Gasteiger partial charge in [-0.15, -0.1) is 0 Å². The van der Waals surface area contributed by atoms with Crippen LogP contribution in [-0.4, -0.2) is 46.8 Å². The molecule has 1 fully saturated rings. The van der Waals surface area contributed by atoms with Crippen molar-refractivity contribution in [1.82, 2.24) is 9.80 Å². The van der Waals surface area contributed by atoms with E-state index in [0.29, 0.717) is 44.3 Å². The van der Waals surface area contributed by atoms with Crippen LogP contribution >= 0.6 is 46.4 Å². The molecule has 3 rings (SSSR count). The van der Waals surface area contributed by atoms with Crippen molar-refractivity contribution in [2.24, 2.45) is 0 Å². The highest BCUT2D eigenvalue weighted by Gasteiger charge is 2.32. The lowest BCUT2D eigenvalue weighted by molar-refractivity contribution is -0.139. The van der Waals surface area contributed by atoms with E-state index in [0.717, 1.165) is 0 Å². The number of nitrogens with zero attached hydrogens (tertiary/aromatic N) is 2. The molecule has 0 spiro atoms. The topological polar surface area (TPSA) is 40.6 Å². The van der Waals surface area contributed by atoms with Gasteiger partial charge in [-0.3, -0.25) is 9.59 Å². The molecule has 4 nitrogen and oxygen atoms in total. The molecule has 0 radical (unpaired) electrons. The molecular weight excluding hydrogens is 490 g/mol. The van der Waals surface area contributed by atoms with Crippen LogP contribution < -0.4 is 0 Å². The highest BCUT2D eigenvalue weighted by atomic mass is 35.5. The predicted octanol–water partition coefficient (Wildman–Crippen LogP) is 6.47. The first kappa shape index (κ1) is 24.7. The minimum absolute atomic E-state index is 0.133. The standard InChI is InChI=1S/C24H22Cl4N2O2/c1-15-13-30(24(32)10-6-18-4-8-20(26)12-22(18)28)16(2)14-29(15)23(31)9-5-17-3-7-19(25)11-21(17)27/h3-12,15-16H,13-14H2,1-2H3/b9-5+,10-6+. The summed E-state index contributed by atoms with van der Waals surface area (Å²) in [6.07, 6.45) is 6.35. The van der Waals surface area contributed by atoms with Crippen molar-refractivity contribution in [2.75, 3.05) is 13.1 Å². The molecule has 2 atom stereocenters. The second kappa shape index (κ2) is 10.8. The largest absolute Gasteiger partial charge is 0.333 e. The van der Waals surface area contributed by atoms with E-state index in [4.69, 9.17) is 46.4 Å². The molecule has 0 N–H and O–H groups in total. The number of hydrogen-bond acceptors (Lipinski definition) is 2. The maximum Gasteiger partial charge on any atom is 0.246 e. The summed E-state index contributed by atoms with van der Waals surface area (Å²) in [4.78, 5) is 29.1. The Labute approximate surface area is 208 Å². The predicted molar refractivity (Wildman–Crippen MR) is 133 cm³/mol. The lowest BCUT2D eigenvalue weighted by Gasteiger charge is -2.43. The molecule has 2 aromatic carbocycles. The summed E-state index contributed by atoms with van der Waals surface area (Å²) in [6.45, 7) is 4.71. The molecule has 0 saturated carbocycles. The molecule has 1 aliphatic rings. The van der Waals surface area contributed by atoms with Gasteiger partial charge in [0.15, 0.2) is 0 Å². The van der Waals surface area contributed by atoms with Gasteiger partial charge in [-0.05, 0) is 61.4 Å². The summed E-state index contributed by atoms with van der Waals surface area (Å²) in [6, 6.07) is 9.95. The summed E-state index contributed by atoms with van der Waals surface area (Å²) in [5, 5.41) is 2.03. The SMILES string of the molecule is CC1CN(C(=O)/C=C/c2ccc(Cl)cc2Cl)C(C)CN1C(=O)/C=C/c1ccc(Cl)cc1Cl. The summed E-state index contributed by atoms with van der Waals surface area (Å²) in [5.41, 5.74) is 1.43. The van der Waals surface area contributed by atoms with Crippen molar-refractivity contribution < 1.29 is 9.59 Å². The Kier molecular flexibility index (Phi) is 8.29. The van der Waals surface area contributed by atoms with Gasteiger partial charge in [-0.2, -0.15) is 0 Å². The highest BCUT2D eigenvalue weighted by Crippen LogP contribution is 2.24. The van der Waals surface area contributed by atoms with E-state index in [1.54, 1.807) is 58.4 Å². The summed E-state index contributed by atoms with van der Waals surface area (Å²) < 4.78 is 0. The third kappa shape index (κ3) is 6.08. The molecule has 168 valence electrons. The third-order valence-corrected chi connectivity index (χ3v) is 6.41. The fourth-order valence-electron chi connectivity index (χ4n) is 3.53. The summed E-state index contributed by atoms with van der Waals surface area (Å²) in [5.74, 6) is -0.267. The van der Waals surface area contributed by atoms with Gasteiger partial charge < -0.3 is 9.80 Å². The van der Waals surface area contributed by atoms with Crippen LogP contribution in [0.3, 0.4) is 0 Å². The number of amides is 2. The van der Waals surface area contributed by atoms with Crippen molar-refractivity contribution >= 4 is 70.4 Å². The van der Waals surface area contributed by atoms with Crippen LogP contribution in [0.15, 0.2) is 48.6 Å². The Morgan fingerprint density at radius 2 is 1.12 bits per heavy atom. The molecule has 2 amide bonds. The van der Waals surface area contributed by atoms with Crippen LogP contribution in [-0.2, 0) is 9.59 Å². The maximum absolute atomic E-state index is 12.8. The second-order valence-corrected chi connectivity index (χ2v) is 9.36. The van der Waals surface area contributed by atoms with E-state index in [1.165, 1.54) is 12.2 Å². The zero-order valence-electron chi connectivity index (χ0n) is 17.6. The molecular formula is C24H22Cl4N2O2. The second-order valence-electron chi connectivity index (χ2n) is 7.68. The number of benzene rings is 2. The fourth-order valence-corrected chi connectivity index (χ4v) is 4.47. The van der Waals surface area contributed by atoms with Crippen LogP contribution in [0.2, 0.25) is 20.1 Å². The van der Waals surface area contributed by atoms with Gasteiger partial charge in [0.2, 0.25) is 11.8 Å². The number of carbonyl (C=O) groups excluding carboxylic acids is 2. The number of hydrogen-bond donors (Lipinski definition) is 0. The van der Waals surface area contributed by atoms with E-state index in [-0.39, 0.29) is 23.9 Å². The van der Waals surface area contributed by atoms with Crippen molar-refractivity contribution in [2.45, 2.75) is 25.9 Å². The van der Waals surface area contributed by atoms with Crippen molar-refractivity contribution in [3.05, 3.63) is 79.8 Å². The molecule has 8 heteroatoms. The van der Waals surface area contributed by atoms with Crippen molar-refractivity contribution in [3.8, 4) is 0 Å². The van der Waals surface area contributed by atoms with E-state index < -0.39 is 0 Å². The quantitative estimate of drug-likeness (QED) is 0.441. The third-order valence-electron chi connectivity index (χ3n) is 5.29. The molecule has 32 heavy (non-hydrogen) atoms. The van der Waals surface area contributed by atoms with Gasteiger partial charge in [-0.1, -0.05) is 58.5 Å². The Morgan fingerprint density at radius 3 is 1.47 bits per heavy atom. The average molecular weight is 512 g/mol. The smallest absolute Gasteiger partial charge is 0.246 e. The van der Waals surface area contributed by atoms with E-state index in [1.807, 2.05) is 13.8 Å². The van der Waals surface area contributed by atoms with E-state index in [2.05, 4.69) is 0 Å². The zero-order valence-corrected chi connectivity index (χ0v) is 20.6. The number of piperazine rings is 1. The van der Waals surface area contributed by atoms with Crippen LogP contribution in [0.5, 0.6) is 0 Å². The first-order chi connectivity index (χ1) is 15.2. The van der Waals surface area contributed by atoms with Crippen LogP contribution in [0, 0.1) is 0 Å². The Morgan fingerprint density at radius 1 is 0.750 bits per heavy atom. The normalized spacial score (nSPS) is 19.2. The molecule has 0 aliphatic carbocycles. The summed E-state index contributed by atoms with van der Waals surface area (Å²) >= 11 is 24.2. The van der Waals surface area contributed by atoms with Gasteiger partial charge >= 0.3 is 0 Å².